The largest absolute Gasteiger partial charge is 0.454 e. The normalized spacial score (nSPS) is 19.8. The van der Waals surface area contributed by atoms with Gasteiger partial charge in [-0.1, -0.05) is 30.0 Å². The van der Waals surface area contributed by atoms with Crippen molar-refractivity contribution in [2.24, 2.45) is 0 Å². The summed E-state index contributed by atoms with van der Waals surface area (Å²) >= 11 is 1.57. The predicted molar refractivity (Wildman–Crippen MR) is 147 cm³/mol. The van der Waals surface area contributed by atoms with Gasteiger partial charge in [-0.05, 0) is 66.7 Å². The third-order valence-corrected chi connectivity index (χ3v) is 8.02. The molecule has 8 heteroatoms. The van der Waals surface area contributed by atoms with Gasteiger partial charge < -0.3 is 19.3 Å². The van der Waals surface area contributed by atoms with E-state index in [4.69, 9.17) is 13.8 Å². The quantitative estimate of drug-likeness (QED) is 0.383. The van der Waals surface area contributed by atoms with Crippen LogP contribution >= 0.6 is 11.5 Å². The Hall–Kier alpha value is -3.54. The van der Waals surface area contributed by atoms with Crippen molar-refractivity contribution in [2.45, 2.75) is 25.3 Å². The molecule has 0 saturated carbocycles. The summed E-state index contributed by atoms with van der Waals surface area (Å²) in [4.78, 5) is 19.7. The maximum Gasteiger partial charge on any atom is 0.247 e. The summed E-state index contributed by atoms with van der Waals surface area (Å²) in [5.74, 6) is 9.39. The smallest absolute Gasteiger partial charge is 0.247 e. The Morgan fingerprint density at radius 2 is 1.92 bits per heavy atom. The molecule has 0 N–H and O–H groups in total. The van der Waals surface area contributed by atoms with Crippen molar-refractivity contribution in [1.29, 1.82) is 0 Å². The average molecular weight is 515 g/mol. The van der Waals surface area contributed by atoms with E-state index < -0.39 is 0 Å². The molecule has 1 amide bonds. The van der Waals surface area contributed by atoms with E-state index in [2.05, 4.69) is 45.9 Å². The highest BCUT2D eigenvalue weighted by Crippen LogP contribution is 2.33. The standard InChI is InChI=1S/C29H30N4O3S/c34-28(13-11-22-10-12-25-26(20-22)36-21-35-25)33-15-4-3-6-23(33)7-5-14-31-16-18-32(19-17-31)29-24-8-1-2-9-27(24)37-30-29/h1-2,8-13,20,23H,3-4,6,14-19,21H2. The molecule has 2 fully saturated rings. The molecule has 0 radical (unpaired) electrons. The Morgan fingerprint density at radius 3 is 2.84 bits per heavy atom. The van der Waals surface area contributed by atoms with Crippen molar-refractivity contribution >= 4 is 39.4 Å². The Bertz CT molecular complexity index is 1370. The van der Waals surface area contributed by atoms with Gasteiger partial charge in [0.15, 0.2) is 11.5 Å². The molecule has 3 aliphatic rings. The molecule has 2 aromatic carbocycles. The van der Waals surface area contributed by atoms with Gasteiger partial charge in [0.2, 0.25) is 12.7 Å². The molecular formula is C29H30N4O3S. The van der Waals surface area contributed by atoms with E-state index >= 15 is 0 Å². The molecule has 0 aliphatic carbocycles. The minimum Gasteiger partial charge on any atom is -0.454 e. The minimum absolute atomic E-state index is 0.0146. The lowest BCUT2D eigenvalue weighted by molar-refractivity contribution is -0.128. The third kappa shape index (κ3) is 5.29. The molecule has 37 heavy (non-hydrogen) atoms. The number of fused-ring (bicyclic) bond motifs is 2. The van der Waals surface area contributed by atoms with E-state index in [0.29, 0.717) is 0 Å². The summed E-state index contributed by atoms with van der Waals surface area (Å²) in [6.07, 6.45) is 6.55. The van der Waals surface area contributed by atoms with Gasteiger partial charge in [0.25, 0.3) is 0 Å². The second-order valence-corrected chi connectivity index (χ2v) is 10.4. The molecule has 7 nitrogen and oxygen atoms in total. The van der Waals surface area contributed by atoms with Crippen molar-refractivity contribution in [2.75, 3.05) is 51.0 Å². The summed E-state index contributed by atoms with van der Waals surface area (Å²) in [5, 5.41) is 1.25. The van der Waals surface area contributed by atoms with Gasteiger partial charge in [-0.15, -0.1) is 0 Å². The number of ether oxygens (including phenoxy) is 2. The van der Waals surface area contributed by atoms with Crippen LogP contribution in [-0.4, -0.2) is 72.2 Å². The third-order valence-electron chi connectivity index (χ3n) is 7.20. The first-order valence-corrected chi connectivity index (χ1v) is 13.7. The number of amides is 1. The van der Waals surface area contributed by atoms with E-state index in [1.54, 1.807) is 17.6 Å². The number of hydrogen-bond acceptors (Lipinski definition) is 7. The minimum atomic E-state index is -0.0229. The Balaban J connectivity index is 1.03. The van der Waals surface area contributed by atoms with Gasteiger partial charge in [0.1, 0.15) is 5.82 Å². The molecule has 1 unspecified atom stereocenters. The zero-order valence-corrected chi connectivity index (χ0v) is 21.6. The van der Waals surface area contributed by atoms with Crippen LogP contribution in [0.25, 0.3) is 16.2 Å². The zero-order valence-electron chi connectivity index (χ0n) is 20.8. The van der Waals surface area contributed by atoms with Gasteiger partial charge in [0.05, 0.1) is 17.3 Å². The average Bonchev–Trinajstić information content (AvgIpc) is 3.59. The van der Waals surface area contributed by atoms with E-state index in [0.717, 1.165) is 81.4 Å². The van der Waals surface area contributed by atoms with Gasteiger partial charge in [-0.2, -0.15) is 4.37 Å². The van der Waals surface area contributed by atoms with E-state index in [9.17, 15) is 4.79 Å². The summed E-state index contributed by atoms with van der Waals surface area (Å²) in [6, 6.07) is 14.1. The monoisotopic (exact) mass is 514 g/mol. The molecule has 3 aromatic rings. The number of benzene rings is 2. The fourth-order valence-electron chi connectivity index (χ4n) is 5.12. The highest BCUT2D eigenvalue weighted by Gasteiger charge is 2.24. The molecule has 4 heterocycles. The molecule has 3 aliphatic heterocycles. The molecule has 190 valence electrons. The molecule has 1 aromatic heterocycles. The van der Waals surface area contributed by atoms with Crippen molar-refractivity contribution in [3.63, 3.8) is 0 Å². The first kappa shape index (κ1) is 23.8. The Kier molecular flexibility index (Phi) is 6.98. The number of carbonyl (C=O) groups excluding carboxylic acids is 1. The number of piperazine rings is 1. The van der Waals surface area contributed by atoms with Gasteiger partial charge in [-0.25, -0.2) is 0 Å². The number of piperidine rings is 1. The summed E-state index contributed by atoms with van der Waals surface area (Å²) in [5.41, 5.74) is 0.919. The van der Waals surface area contributed by atoms with Crippen LogP contribution in [0, 0.1) is 11.8 Å². The highest BCUT2D eigenvalue weighted by atomic mass is 32.1. The van der Waals surface area contributed by atoms with E-state index in [1.165, 1.54) is 10.1 Å². The molecule has 1 atom stereocenters. The number of nitrogens with zero attached hydrogens (tertiary/aromatic N) is 4. The molecule has 2 saturated heterocycles. The van der Waals surface area contributed by atoms with Crippen molar-refractivity contribution in [1.82, 2.24) is 14.2 Å². The predicted octanol–water partition coefficient (Wildman–Crippen LogP) is 4.24. The molecule has 6 rings (SSSR count). The van der Waals surface area contributed by atoms with E-state index in [1.807, 2.05) is 29.2 Å². The lowest BCUT2D eigenvalue weighted by atomic mass is 10.0. The summed E-state index contributed by atoms with van der Waals surface area (Å²) < 4.78 is 16.7. The number of aromatic nitrogens is 1. The Morgan fingerprint density at radius 1 is 1.05 bits per heavy atom. The van der Waals surface area contributed by atoms with Crippen LogP contribution in [0.5, 0.6) is 11.5 Å². The van der Waals surface area contributed by atoms with Crippen LogP contribution in [-0.2, 0) is 4.79 Å². The van der Waals surface area contributed by atoms with Crippen molar-refractivity contribution in [3.8, 4) is 23.3 Å². The summed E-state index contributed by atoms with van der Waals surface area (Å²) in [6.45, 7) is 5.57. The van der Waals surface area contributed by atoms with Gasteiger partial charge in [-0.3, -0.25) is 9.69 Å². The SMILES string of the molecule is O=C(C=Cc1ccc2c(c1)OCO2)N1CCCCC1C#CCN1CCN(c2nsc3ccccc23)CC1. The number of likely N-dealkylation sites (tertiary alicyclic amines) is 1. The fourth-order valence-corrected chi connectivity index (χ4v) is 5.91. The Labute approximate surface area is 221 Å². The van der Waals surface area contributed by atoms with Crippen LogP contribution in [0.15, 0.2) is 48.5 Å². The second-order valence-electron chi connectivity index (χ2n) is 9.58. The lowest BCUT2D eigenvalue weighted by Gasteiger charge is -2.34. The van der Waals surface area contributed by atoms with Gasteiger partial charge >= 0.3 is 0 Å². The van der Waals surface area contributed by atoms with Gasteiger partial charge in [0, 0.05) is 44.2 Å². The second kappa shape index (κ2) is 10.8. The maximum atomic E-state index is 13.0. The first-order valence-electron chi connectivity index (χ1n) is 12.9. The zero-order chi connectivity index (χ0) is 25.0. The number of carbonyl (C=O) groups is 1. The van der Waals surface area contributed by atoms with Crippen molar-refractivity contribution < 1.29 is 14.3 Å². The van der Waals surface area contributed by atoms with Crippen LogP contribution < -0.4 is 14.4 Å². The maximum absolute atomic E-state index is 13.0. The van der Waals surface area contributed by atoms with E-state index in [-0.39, 0.29) is 18.7 Å². The number of anilines is 1. The number of rotatable bonds is 4. The van der Waals surface area contributed by atoms with Crippen molar-refractivity contribution in [3.05, 3.63) is 54.1 Å². The first-order chi connectivity index (χ1) is 18.2. The lowest BCUT2D eigenvalue weighted by Crippen LogP contribution is -2.46. The van der Waals surface area contributed by atoms with Crippen LogP contribution in [0.1, 0.15) is 24.8 Å². The molecule has 0 bridgehead atoms. The molecular weight excluding hydrogens is 484 g/mol. The van der Waals surface area contributed by atoms with Crippen LogP contribution in [0.3, 0.4) is 0 Å². The fraction of sp³-hybridized carbons (Fsp3) is 0.379. The number of hydrogen-bond donors (Lipinski definition) is 0. The van der Waals surface area contributed by atoms with Crippen LogP contribution in [0.2, 0.25) is 0 Å². The summed E-state index contributed by atoms with van der Waals surface area (Å²) in [7, 11) is 0. The topological polar surface area (TPSA) is 58.1 Å². The molecule has 0 spiro atoms. The van der Waals surface area contributed by atoms with Crippen LogP contribution in [0.4, 0.5) is 5.82 Å². The highest BCUT2D eigenvalue weighted by molar-refractivity contribution is 7.13.